The number of hydrogen-bond donors (Lipinski definition) is 2. The molecule has 31 heavy (non-hydrogen) atoms. The van der Waals surface area contributed by atoms with Crippen LogP contribution in [0.4, 0.5) is 0 Å². The van der Waals surface area contributed by atoms with Crippen molar-refractivity contribution in [1.29, 1.82) is 0 Å². The summed E-state index contributed by atoms with van der Waals surface area (Å²) in [6.45, 7) is 2.32. The molecule has 1 saturated heterocycles. The molecule has 0 bridgehead atoms. The first-order valence-corrected chi connectivity index (χ1v) is 10.7. The molecule has 2 heterocycles. The van der Waals surface area contributed by atoms with Crippen LogP contribution in [0.5, 0.6) is 0 Å². The number of benzene rings is 2. The Morgan fingerprint density at radius 1 is 1.19 bits per heavy atom. The number of nitrogens with zero attached hydrogens (tertiary/aromatic N) is 1. The summed E-state index contributed by atoms with van der Waals surface area (Å²) in [6.07, 6.45) is -0.199. The summed E-state index contributed by atoms with van der Waals surface area (Å²) >= 11 is 12.3. The van der Waals surface area contributed by atoms with E-state index in [1.54, 1.807) is 36.4 Å². The zero-order valence-electron chi connectivity index (χ0n) is 16.6. The molecule has 0 aromatic heterocycles. The van der Waals surface area contributed by atoms with Crippen molar-refractivity contribution in [2.45, 2.75) is 12.5 Å². The van der Waals surface area contributed by atoms with Gasteiger partial charge in [0.15, 0.2) is 0 Å². The Hall–Kier alpha value is -2.45. The molecule has 7 nitrogen and oxygen atoms in total. The summed E-state index contributed by atoms with van der Waals surface area (Å²) in [5.74, 6) is -0.712. The van der Waals surface area contributed by atoms with Gasteiger partial charge >= 0.3 is 5.97 Å². The minimum atomic E-state index is -0.434. The highest BCUT2D eigenvalue weighted by Crippen LogP contribution is 2.32. The van der Waals surface area contributed by atoms with Gasteiger partial charge in [0, 0.05) is 36.7 Å². The second kappa shape index (κ2) is 9.78. The van der Waals surface area contributed by atoms with Crippen molar-refractivity contribution in [3.63, 3.8) is 0 Å². The lowest BCUT2D eigenvalue weighted by atomic mass is 9.95. The maximum atomic E-state index is 13.0. The van der Waals surface area contributed by atoms with Gasteiger partial charge in [0.25, 0.3) is 5.91 Å². The smallest absolute Gasteiger partial charge is 0.341 e. The number of hydrogen-bond acceptors (Lipinski definition) is 6. The highest BCUT2D eigenvalue weighted by atomic mass is 35.5. The molecule has 0 unspecified atom stereocenters. The number of nitrogens with one attached hydrogen (secondary N) is 2. The molecule has 0 saturated carbocycles. The zero-order valence-corrected chi connectivity index (χ0v) is 18.1. The largest absolute Gasteiger partial charge is 0.372 e. The van der Waals surface area contributed by atoms with E-state index in [2.05, 4.69) is 20.6 Å². The van der Waals surface area contributed by atoms with Crippen LogP contribution in [-0.4, -0.2) is 43.8 Å². The van der Waals surface area contributed by atoms with Crippen molar-refractivity contribution in [2.75, 3.05) is 26.2 Å². The molecule has 162 valence electrons. The molecule has 9 heteroatoms. The third kappa shape index (κ3) is 5.07. The molecule has 2 aliphatic rings. The summed E-state index contributed by atoms with van der Waals surface area (Å²) in [4.78, 5) is 29.1. The number of halogens is 2. The summed E-state index contributed by atoms with van der Waals surface area (Å²) in [5, 5.41) is 11.1. The molecule has 4 rings (SSSR count). The van der Waals surface area contributed by atoms with E-state index in [4.69, 9.17) is 27.9 Å². The van der Waals surface area contributed by atoms with Gasteiger partial charge in [-0.1, -0.05) is 52.6 Å². The van der Waals surface area contributed by atoms with Gasteiger partial charge in [0.2, 0.25) is 0 Å². The number of carbonyl (C=O) groups is 2. The van der Waals surface area contributed by atoms with Crippen molar-refractivity contribution in [2.24, 2.45) is 11.1 Å². The van der Waals surface area contributed by atoms with E-state index < -0.39 is 5.97 Å². The number of oxime groups is 1. The molecule has 0 radical (unpaired) electrons. The molecular formula is C22H21Cl2N3O4. The van der Waals surface area contributed by atoms with Gasteiger partial charge in [-0.2, -0.15) is 0 Å². The van der Waals surface area contributed by atoms with Crippen molar-refractivity contribution in [3.05, 3.63) is 69.2 Å². The van der Waals surface area contributed by atoms with Gasteiger partial charge in [0.1, 0.15) is 0 Å². The van der Waals surface area contributed by atoms with Crippen molar-refractivity contribution in [1.82, 2.24) is 10.6 Å². The van der Waals surface area contributed by atoms with Crippen LogP contribution in [0.25, 0.3) is 0 Å². The quantitative estimate of drug-likeness (QED) is 0.666. The number of amides is 1. The highest BCUT2D eigenvalue weighted by molar-refractivity contribution is 6.42. The van der Waals surface area contributed by atoms with Crippen LogP contribution < -0.4 is 10.6 Å². The van der Waals surface area contributed by atoms with Gasteiger partial charge in [-0.15, -0.1) is 0 Å². The minimum absolute atomic E-state index is 0.0235. The monoisotopic (exact) mass is 461 g/mol. The topological polar surface area (TPSA) is 89.0 Å². The molecular weight excluding hydrogens is 441 g/mol. The molecule has 2 N–H and O–H groups in total. The normalized spacial score (nSPS) is 21.2. The van der Waals surface area contributed by atoms with Crippen molar-refractivity contribution >= 4 is 40.8 Å². The van der Waals surface area contributed by atoms with E-state index in [1.165, 1.54) is 0 Å². The van der Waals surface area contributed by atoms with Crippen LogP contribution in [0, 0.1) is 5.92 Å². The standard InChI is InChI=1S/C22H21Cl2N3O4/c23-17-6-5-13(9-18(17)24)21-14(11-25-7-8-30-21)12-26-22(29)16-4-2-1-3-15(16)19-10-20(28)31-27-19/h1-6,9,14,21,25H,7-8,10-12H2,(H,26,29)/t14-,21-/m0/s1. The lowest BCUT2D eigenvalue weighted by Gasteiger charge is -2.26. The third-order valence-corrected chi connectivity index (χ3v) is 6.00. The first-order chi connectivity index (χ1) is 15.0. The predicted molar refractivity (Wildman–Crippen MR) is 118 cm³/mol. The molecule has 0 aliphatic carbocycles. The summed E-state index contributed by atoms with van der Waals surface area (Å²) in [7, 11) is 0. The summed E-state index contributed by atoms with van der Waals surface area (Å²) in [5.41, 5.74) is 2.38. The van der Waals surface area contributed by atoms with Crippen molar-refractivity contribution in [3.8, 4) is 0 Å². The van der Waals surface area contributed by atoms with Crippen LogP contribution >= 0.6 is 23.2 Å². The summed E-state index contributed by atoms with van der Waals surface area (Å²) in [6, 6.07) is 12.5. The van der Waals surface area contributed by atoms with Crippen molar-refractivity contribution < 1.29 is 19.2 Å². The van der Waals surface area contributed by atoms with Crippen LogP contribution in [0.3, 0.4) is 0 Å². The maximum Gasteiger partial charge on any atom is 0.341 e. The maximum absolute atomic E-state index is 13.0. The average Bonchev–Trinajstić information content (AvgIpc) is 3.07. The van der Waals surface area contributed by atoms with Gasteiger partial charge in [-0.25, -0.2) is 4.79 Å². The van der Waals surface area contributed by atoms with Gasteiger partial charge in [0.05, 0.1) is 34.9 Å². The van der Waals surface area contributed by atoms with Gasteiger partial charge < -0.3 is 20.2 Å². The lowest BCUT2D eigenvalue weighted by Crippen LogP contribution is -2.37. The highest BCUT2D eigenvalue weighted by Gasteiger charge is 2.28. The lowest BCUT2D eigenvalue weighted by molar-refractivity contribution is -0.140. The number of ether oxygens (including phenoxy) is 1. The Morgan fingerprint density at radius 3 is 2.81 bits per heavy atom. The zero-order chi connectivity index (χ0) is 21.8. The fourth-order valence-electron chi connectivity index (χ4n) is 3.73. The van der Waals surface area contributed by atoms with E-state index in [-0.39, 0.29) is 24.3 Å². The predicted octanol–water partition coefficient (Wildman–Crippen LogP) is 3.35. The summed E-state index contributed by atoms with van der Waals surface area (Å²) < 4.78 is 6.06. The third-order valence-electron chi connectivity index (χ3n) is 5.26. The van der Waals surface area contributed by atoms with Crippen LogP contribution in [0.2, 0.25) is 10.0 Å². The van der Waals surface area contributed by atoms with E-state index in [0.717, 1.165) is 12.1 Å². The molecule has 0 spiro atoms. The molecule has 1 fully saturated rings. The van der Waals surface area contributed by atoms with E-state index in [9.17, 15) is 9.59 Å². The molecule has 2 aromatic rings. The van der Waals surface area contributed by atoms with Crippen LogP contribution in [0.1, 0.15) is 34.0 Å². The van der Waals surface area contributed by atoms with E-state index in [1.807, 2.05) is 6.07 Å². The second-order valence-electron chi connectivity index (χ2n) is 7.36. The molecule has 2 aromatic carbocycles. The number of carbonyl (C=O) groups excluding carboxylic acids is 2. The average molecular weight is 462 g/mol. The fraction of sp³-hybridized carbons (Fsp3) is 0.318. The van der Waals surface area contributed by atoms with Gasteiger partial charge in [-0.3, -0.25) is 4.79 Å². The first kappa shape index (κ1) is 21.8. The Bertz CT molecular complexity index is 1030. The molecule has 2 aliphatic heterocycles. The van der Waals surface area contributed by atoms with Crippen LogP contribution in [-0.2, 0) is 14.4 Å². The van der Waals surface area contributed by atoms with E-state index in [0.29, 0.717) is 46.6 Å². The minimum Gasteiger partial charge on any atom is -0.372 e. The SMILES string of the molecule is O=C1CC(c2ccccc2C(=O)NC[C@@H]2CNCCO[C@H]2c2ccc(Cl)c(Cl)c2)=NO1. The first-order valence-electron chi connectivity index (χ1n) is 9.94. The fourth-order valence-corrected chi connectivity index (χ4v) is 4.04. The Kier molecular flexibility index (Phi) is 6.87. The number of rotatable bonds is 5. The Labute approximate surface area is 189 Å². The molecule has 2 atom stereocenters. The Morgan fingerprint density at radius 2 is 2.03 bits per heavy atom. The molecule has 1 amide bonds. The van der Waals surface area contributed by atoms with E-state index >= 15 is 0 Å². The second-order valence-corrected chi connectivity index (χ2v) is 8.18. The van der Waals surface area contributed by atoms with Crippen LogP contribution in [0.15, 0.2) is 47.6 Å². The Balaban J connectivity index is 1.50. The van der Waals surface area contributed by atoms with Gasteiger partial charge in [-0.05, 0) is 23.8 Å².